The van der Waals surface area contributed by atoms with Gasteiger partial charge in [0.1, 0.15) is 18.3 Å². The van der Waals surface area contributed by atoms with Crippen LogP contribution in [0.4, 0.5) is 0 Å². The molecule has 0 bridgehead atoms. The third kappa shape index (κ3) is 2.49. The Morgan fingerprint density at radius 2 is 1.85 bits per heavy atom. The Bertz CT molecular complexity index is 878. The van der Waals surface area contributed by atoms with Gasteiger partial charge in [-0.15, -0.1) is 0 Å². The highest BCUT2D eigenvalue weighted by atomic mass is 79.9. The maximum atomic E-state index is 6.34. The van der Waals surface area contributed by atoms with E-state index in [1.54, 1.807) is 0 Å². The molecular formula is C19H22BrNO5. The van der Waals surface area contributed by atoms with Crippen molar-refractivity contribution in [2.24, 2.45) is 0 Å². The van der Waals surface area contributed by atoms with Crippen molar-refractivity contribution in [3.05, 3.63) is 34.4 Å². The zero-order valence-corrected chi connectivity index (χ0v) is 16.8. The van der Waals surface area contributed by atoms with Crippen molar-refractivity contribution in [1.29, 1.82) is 0 Å². The number of H-pyrrole nitrogens is 1. The number of ether oxygens (including phenoxy) is 5. The molecule has 7 heteroatoms. The van der Waals surface area contributed by atoms with Crippen molar-refractivity contribution in [3.63, 3.8) is 0 Å². The summed E-state index contributed by atoms with van der Waals surface area (Å²) in [5.41, 5.74) is 1.84. The molecule has 1 N–H and O–H groups in total. The van der Waals surface area contributed by atoms with Crippen LogP contribution in [-0.4, -0.2) is 41.5 Å². The molecule has 0 aliphatic carbocycles. The van der Waals surface area contributed by atoms with Gasteiger partial charge in [-0.1, -0.05) is 15.9 Å². The molecular weight excluding hydrogens is 402 g/mol. The standard InChI is InChI=1S/C19H22BrNO5/c1-17(2)23-13-9-22-19(16(15(13)24-17)25-18(3,4)26-19)14-8-10-7-11(20)5-6-12(10)21-14/h5-8,13,15-16,21H,9H2,1-4H3/t13-,15-,16+,19+/m1/s1. The number of rotatable bonds is 1. The van der Waals surface area contributed by atoms with Crippen molar-refractivity contribution in [2.75, 3.05) is 6.61 Å². The topological polar surface area (TPSA) is 61.9 Å². The summed E-state index contributed by atoms with van der Waals surface area (Å²) in [4.78, 5) is 3.45. The lowest BCUT2D eigenvalue weighted by Gasteiger charge is -2.40. The molecule has 3 fully saturated rings. The van der Waals surface area contributed by atoms with Crippen LogP contribution in [0.2, 0.25) is 0 Å². The predicted octanol–water partition coefficient (Wildman–Crippen LogP) is 3.79. The molecule has 0 radical (unpaired) electrons. The molecule has 3 saturated heterocycles. The number of hydrogen-bond donors (Lipinski definition) is 1. The molecule has 6 nitrogen and oxygen atoms in total. The summed E-state index contributed by atoms with van der Waals surface area (Å²) in [6.07, 6.45) is -0.882. The van der Waals surface area contributed by atoms with Crippen molar-refractivity contribution in [1.82, 2.24) is 4.98 Å². The van der Waals surface area contributed by atoms with Gasteiger partial charge in [-0.25, -0.2) is 0 Å². The molecule has 2 aromatic rings. The van der Waals surface area contributed by atoms with Crippen LogP contribution in [0.1, 0.15) is 33.4 Å². The largest absolute Gasteiger partial charge is 0.354 e. The van der Waals surface area contributed by atoms with E-state index < -0.39 is 23.5 Å². The van der Waals surface area contributed by atoms with Gasteiger partial charge in [-0.3, -0.25) is 0 Å². The molecule has 0 saturated carbocycles. The molecule has 3 aliphatic rings. The van der Waals surface area contributed by atoms with Crippen molar-refractivity contribution in [2.45, 2.75) is 63.4 Å². The summed E-state index contributed by atoms with van der Waals surface area (Å²) in [6.45, 7) is 7.99. The quantitative estimate of drug-likeness (QED) is 0.755. The van der Waals surface area contributed by atoms with E-state index in [1.807, 2.05) is 39.8 Å². The first-order valence-electron chi connectivity index (χ1n) is 8.84. The van der Waals surface area contributed by atoms with E-state index in [9.17, 15) is 0 Å². The Balaban J connectivity index is 1.62. The second-order valence-corrected chi connectivity index (χ2v) is 8.99. The molecule has 0 amide bonds. The fourth-order valence-corrected chi connectivity index (χ4v) is 4.64. The summed E-state index contributed by atoms with van der Waals surface area (Å²) in [5, 5.41) is 1.07. The highest BCUT2D eigenvalue weighted by Gasteiger charge is 2.66. The molecule has 0 spiro atoms. The van der Waals surface area contributed by atoms with Crippen LogP contribution < -0.4 is 0 Å². The van der Waals surface area contributed by atoms with Crippen molar-refractivity contribution >= 4 is 26.8 Å². The molecule has 5 rings (SSSR count). The third-order valence-electron chi connectivity index (χ3n) is 5.12. The highest BCUT2D eigenvalue weighted by Crippen LogP contribution is 2.52. The fraction of sp³-hybridized carbons (Fsp3) is 0.579. The molecule has 140 valence electrons. The van der Waals surface area contributed by atoms with Gasteiger partial charge in [0.15, 0.2) is 11.6 Å². The van der Waals surface area contributed by atoms with Crippen LogP contribution in [0.15, 0.2) is 28.7 Å². The van der Waals surface area contributed by atoms with E-state index in [0.29, 0.717) is 6.61 Å². The third-order valence-corrected chi connectivity index (χ3v) is 5.62. The first-order chi connectivity index (χ1) is 12.2. The van der Waals surface area contributed by atoms with Crippen LogP contribution in [0, 0.1) is 0 Å². The van der Waals surface area contributed by atoms with Crippen molar-refractivity contribution < 1.29 is 23.7 Å². The SMILES string of the molecule is CC1(C)O[C@@H]2[C@@H](CO[C@@]3(c4cc5cc(Br)ccc5[nH]4)OC(C)(C)O[C@@H]23)O1. The summed E-state index contributed by atoms with van der Waals surface area (Å²) < 4.78 is 32.1. The van der Waals surface area contributed by atoms with E-state index in [1.165, 1.54) is 0 Å². The second kappa shape index (κ2) is 5.31. The normalized spacial score (nSPS) is 37.7. The van der Waals surface area contributed by atoms with Gasteiger partial charge in [0, 0.05) is 15.4 Å². The second-order valence-electron chi connectivity index (χ2n) is 8.07. The van der Waals surface area contributed by atoms with E-state index in [-0.39, 0.29) is 12.2 Å². The van der Waals surface area contributed by atoms with E-state index in [0.717, 1.165) is 21.1 Å². The molecule has 3 aliphatic heterocycles. The summed E-state index contributed by atoms with van der Waals surface area (Å²) in [5.74, 6) is -2.52. The molecule has 4 atom stereocenters. The van der Waals surface area contributed by atoms with E-state index >= 15 is 0 Å². The number of aromatic amines is 1. The van der Waals surface area contributed by atoms with Crippen LogP contribution in [-0.2, 0) is 29.5 Å². The fourth-order valence-electron chi connectivity index (χ4n) is 4.26. The Morgan fingerprint density at radius 3 is 2.65 bits per heavy atom. The number of hydrogen-bond acceptors (Lipinski definition) is 5. The lowest BCUT2D eigenvalue weighted by Crippen LogP contribution is -2.56. The average Bonchev–Trinajstić information content (AvgIpc) is 3.16. The van der Waals surface area contributed by atoms with Crippen LogP contribution >= 0.6 is 15.9 Å². The molecule has 1 aromatic heterocycles. The van der Waals surface area contributed by atoms with Gasteiger partial charge in [-0.2, -0.15) is 0 Å². The number of fused-ring (bicyclic) bond motifs is 4. The van der Waals surface area contributed by atoms with Gasteiger partial charge >= 0.3 is 0 Å². The minimum atomic E-state index is -1.06. The van der Waals surface area contributed by atoms with Gasteiger partial charge in [0.25, 0.3) is 0 Å². The minimum Gasteiger partial charge on any atom is -0.354 e. The maximum Gasteiger partial charge on any atom is 0.242 e. The van der Waals surface area contributed by atoms with Gasteiger partial charge in [0.05, 0.1) is 12.3 Å². The smallest absolute Gasteiger partial charge is 0.242 e. The summed E-state index contributed by atoms with van der Waals surface area (Å²) in [7, 11) is 0. The predicted molar refractivity (Wildman–Crippen MR) is 97.5 cm³/mol. The number of halogens is 1. The molecule has 1 aromatic carbocycles. The number of benzene rings is 1. The monoisotopic (exact) mass is 423 g/mol. The maximum absolute atomic E-state index is 6.34. The number of aromatic nitrogens is 1. The molecule has 0 unspecified atom stereocenters. The average molecular weight is 424 g/mol. The van der Waals surface area contributed by atoms with Gasteiger partial charge in [-0.05, 0) is 52.0 Å². The molecule has 4 heterocycles. The lowest BCUT2D eigenvalue weighted by atomic mass is 9.94. The lowest BCUT2D eigenvalue weighted by molar-refractivity contribution is -0.291. The Morgan fingerprint density at radius 1 is 1.04 bits per heavy atom. The Hall–Kier alpha value is -0.960. The van der Waals surface area contributed by atoms with E-state index in [2.05, 4.69) is 33.0 Å². The Kier molecular flexibility index (Phi) is 3.50. The molecule has 26 heavy (non-hydrogen) atoms. The van der Waals surface area contributed by atoms with Gasteiger partial charge < -0.3 is 28.7 Å². The summed E-state index contributed by atoms with van der Waals surface area (Å²) in [6, 6.07) is 8.15. The minimum absolute atomic E-state index is 0.181. The van der Waals surface area contributed by atoms with Gasteiger partial charge in [0.2, 0.25) is 5.79 Å². The van der Waals surface area contributed by atoms with E-state index in [4.69, 9.17) is 23.7 Å². The van der Waals surface area contributed by atoms with Crippen LogP contribution in [0.25, 0.3) is 10.9 Å². The first kappa shape index (κ1) is 17.2. The number of nitrogens with one attached hydrogen (secondary N) is 1. The highest BCUT2D eigenvalue weighted by molar-refractivity contribution is 9.10. The zero-order chi connectivity index (χ0) is 18.3. The summed E-state index contributed by atoms with van der Waals surface area (Å²) >= 11 is 3.52. The van der Waals surface area contributed by atoms with Crippen LogP contribution in [0.3, 0.4) is 0 Å². The van der Waals surface area contributed by atoms with Crippen molar-refractivity contribution in [3.8, 4) is 0 Å². The van der Waals surface area contributed by atoms with Crippen LogP contribution in [0.5, 0.6) is 0 Å². The first-order valence-corrected chi connectivity index (χ1v) is 9.63. The Labute approximate surface area is 160 Å². The zero-order valence-electron chi connectivity index (χ0n) is 15.2.